The van der Waals surface area contributed by atoms with E-state index in [1.54, 1.807) is 0 Å². The molecule has 0 amide bonds. The molecule has 1 saturated heterocycles. The van der Waals surface area contributed by atoms with E-state index >= 15 is 0 Å². The van der Waals surface area contributed by atoms with Crippen LogP contribution in [0.5, 0.6) is 0 Å². The standard InChI is InChI=1S/C5H10S4/c6-1-4-5(2-7)9-3-8-4/h4-7H,1-3H2. The molecule has 1 aliphatic rings. The van der Waals surface area contributed by atoms with Gasteiger partial charge in [-0.05, 0) is 0 Å². The van der Waals surface area contributed by atoms with Crippen molar-refractivity contribution in [2.45, 2.75) is 10.5 Å². The second kappa shape index (κ2) is 4.31. The zero-order chi connectivity index (χ0) is 6.69. The van der Waals surface area contributed by atoms with E-state index < -0.39 is 0 Å². The lowest BCUT2D eigenvalue weighted by molar-refractivity contribution is 0.969. The minimum atomic E-state index is 0.746. The predicted molar refractivity (Wildman–Crippen MR) is 55.3 cm³/mol. The van der Waals surface area contributed by atoms with Crippen LogP contribution in [0.4, 0.5) is 0 Å². The summed E-state index contributed by atoms with van der Waals surface area (Å²) in [6.45, 7) is 0. The molecule has 1 heterocycles. The lowest BCUT2D eigenvalue weighted by Crippen LogP contribution is -2.18. The minimum absolute atomic E-state index is 0.746. The van der Waals surface area contributed by atoms with E-state index in [0.29, 0.717) is 0 Å². The van der Waals surface area contributed by atoms with Crippen molar-refractivity contribution in [2.75, 3.05) is 16.6 Å². The maximum atomic E-state index is 4.26. The SMILES string of the molecule is SCC1SCSC1CS. The highest BCUT2D eigenvalue weighted by Crippen LogP contribution is 2.37. The molecule has 0 aromatic rings. The van der Waals surface area contributed by atoms with Gasteiger partial charge in [0, 0.05) is 27.1 Å². The first-order chi connectivity index (χ1) is 4.38. The summed E-state index contributed by atoms with van der Waals surface area (Å²) in [6, 6.07) is 0. The molecule has 0 saturated carbocycles. The highest BCUT2D eigenvalue weighted by Gasteiger charge is 2.25. The Kier molecular flexibility index (Phi) is 4.07. The summed E-state index contributed by atoms with van der Waals surface area (Å²) in [4.78, 5) is 0. The molecular weight excluding hydrogens is 188 g/mol. The first-order valence-corrected chi connectivity index (χ1v) is 6.19. The quantitative estimate of drug-likeness (QED) is 0.652. The summed E-state index contributed by atoms with van der Waals surface area (Å²) < 4.78 is 0. The smallest absolute Gasteiger partial charge is 0.0399 e. The van der Waals surface area contributed by atoms with Gasteiger partial charge in [0.05, 0.1) is 0 Å². The number of thioether (sulfide) groups is 2. The van der Waals surface area contributed by atoms with Crippen molar-refractivity contribution in [1.29, 1.82) is 0 Å². The molecule has 0 spiro atoms. The summed E-state index contributed by atoms with van der Waals surface area (Å²) in [5, 5.41) is 2.72. The second-order valence-corrected chi connectivity index (χ2v) is 5.44. The fourth-order valence-corrected chi connectivity index (χ4v) is 5.21. The molecule has 0 N–H and O–H groups in total. The first-order valence-electron chi connectivity index (χ1n) is 2.83. The van der Waals surface area contributed by atoms with E-state index in [-0.39, 0.29) is 0 Å². The maximum absolute atomic E-state index is 4.26. The molecule has 0 aromatic carbocycles. The van der Waals surface area contributed by atoms with Gasteiger partial charge in [0.1, 0.15) is 0 Å². The Hall–Kier alpha value is 1.40. The normalized spacial score (nSPS) is 35.3. The summed E-state index contributed by atoms with van der Waals surface area (Å²) in [7, 11) is 0. The number of hydrogen-bond donors (Lipinski definition) is 2. The molecule has 2 unspecified atom stereocenters. The largest absolute Gasteiger partial charge is 0.178 e. The Morgan fingerprint density at radius 2 is 1.56 bits per heavy atom. The molecule has 0 radical (unpaired) electrons. The van der Waals surface area contributed by atoms with Crippen LogP contribution in [-0.2, 0) is 0 Å². The average Bonchev–Trinajstić information content (AvgIpc) is 2.33. The lowest BCUT2D eigenvalue weighted by atomic mass is 10.3. The van der Waals surface area contributed by atoms with Crippen molar-refractivity contribution in [3.05, 3.63) is 0 Å². The summed E-state index contributed by atoms with van der Waals surface area (Å²) in [5.74, 6) is 2.01. The van der Waals surface area contributed by atoms with Gasteiger partial charge in [-0.1, -0.05) is 0 Å². The van der Waals surface area contributed by atoms with Gasteiger partial charge in [-0.3, -0.25) is 0 Å². The lowest BCUT2D eigenvalue weighted by Gasteiger charge is -2.11. The molecule has 1 rings (SSSR count). The van der Waals surface area contributed by atoms with Crippen LogP contribution in [0, 0.1) is 0 Å². The van der Waals surface area contributed by atoms with Crippen LogP contribution in [0.15, 0.2) is 0 Å². The van der Waals surface area contributed by atoms with Crippen LogP contribution in [0.3, 0.4) is 0 Å². The zero-order valence-electron chi connectivity index (χ0n) is 4.99. The first kappa shape index (κ1) is 8.50. The van der Waals surface area contributed by atoms with Crippen LogP contribution in [-0.4, -0.2) is 27.1 Å². The number of hydrogen-bond acceptors (Lipinski definition) is 4. The molecule has 0 aromatic heterocycles. The number of thiol groups is 2. The van der Waals surface area contributed by atoms with Gasteiger partial charge in [0.15, 0.2) is 0 Å². The van der Waals surface area contributed by atoms with E-state index in [9.17, 15) is 0 Å². The molecule has 2 atom stereocenters. The minimum Gasteiger partial charge on any atom is -0.178 e. The third-order valence-electron chi connectivity index (χ3n) is 1.34. The average molecular weight is 198 g/mol. The van der Waals surface area contributed by atoms with E-state index in [0.717, 1.165) is 22.0 Å². The van der Waals surface area contributed by atoms with E-state index in [2.05, 4.69) is 25.3 Å². The van der Waals surface area contributed by atoms with Crippen molar-refractivity contribution in [3.8, 4) is 0 Å². The van der Waals surface area contributed by atoms with Gasteiger partial charge in [-0.25, -0.2) is 0 Å². The van der Waals surface area contributed by atoms with Crippen molar-refractivity contribution in [2.24, 2.45) is 0 Å². The zero-order valence-corrected chi connectivity index (χ0v) is 8.41. The van der Waals surface area contributed by atoms with Crippen molar-refractivity contribution >= 4 is 48.8 Å². The Balaban J connectivity index is 2.32. The van der Waals surface area contributed by atoms with E-state index in [4.69, 9.17) is 0 Å². The van der Waals surface area contributed by atoms with Gasteiger partial charge < -0.3 is 0 Å². The summed E-state index contributed by atoms with van der Waals surface area (Å²) in [5.41, 5.74) is 0. The van der Waals surface area contributed by atoms with Crippen molar-refractivity contribution < 1.29 is 0 Å². The maximum Gasteiger partial charge on any atom is 0.0399 e. The fourth-order valence-electron chi connectivity index (χ4n) is 0.769. The molecule has 1 aliphatic heterocycles. The highest BCUT2D eigenvalue weighted by atomic mass is 32.2. The van der Waals surface area contributed by atoms with Crippen molar-refractivity contribution in [3.63, 3.8) is 0 Å². The van der Waals surface area contributed by atoms with Crippen LogP contribution in [0.2, 0.25) is 0 Å². The van der Waals surface area contributed by atoms with Gasteiger partial charge in [0.2, 0.25) is 0 Å². The van der Waals surface area contributed by atoms with Crippen molar-refractivity contribution in [1.82, 2.24) is 0 Å². The van der Waals surface area contributed by atoms with Crippen LogP contribution >= 0.6 is 48.8 Å². The summed E-state index contributed by atoms with van der Waals surface area (Å²) >= 11 is 12.5. The topological polar surface area (TPSA) is 0 Å². The molecular formula is C5H10S4. The third kappa shape index (κ3) is 2.17. The molecule has 0 nitrogen and oxygen atoms in total. The van der Waals surface area contributed by atoms with Crippen LogP contribution < -0.4 is 0 Å². The number of rotatable bonds is 2. The Bertz CT molecular complexity index is 75.0. The molecule has 4 heteroatoms. The van der Waals surface area contributed by atoms with Gasteiger partial charge in [0.25, 0.3) is 0 Å². The van der Waals surface area contributed by atoms with Gasteiger partial charge in [-0.2, -0.15) is 25.3 Å². The molecule has 0 bridgehead atoms. The van der Waals surface area contributed by atoms with Crippen LogP contribution in [0.1, 0.15) is 0 Å². The Labute approximate surface area is 75.7 Å². The van der Waals surface area contributed by atoms with E-state index in [1.807, 2.05) is 23.5 Å². The molecule has 1 fully saturated rings. The molecule has 9 heavy (non-hydrogen) atoms. The van der Waals surface area contributed by atoms with Crippen LogP contribution in [0.25, 0.3) is 0 Å². The molecule has 0 aliphatic carbocycles. The highest BCUT2D eigenvalue weighted by molar-refractivity contribution is 8.20. The fraction of sp³-hybridized carbons (Fsp3) is 1.00. The molecule has 54 valence electrons. The Morgan fingerprint density at radius 3 is 1.89 bits per heavy atom. The Morgan fingerprint density at radius 1 is 1.11 bits per heavy atom. The van der Waals surface area contributed by atoms with E-state index in [1.165, 1.54) is 5.08 Å². The monoisotopic (exact) mass is 198 g/mol. The van der Waals surface area contributed by atoms with Gasteiger partial charge in [-0.15, -0.1) is 23.5 Å². The third-order valence-corrected chi connectivity index (χ3v) is 5.73. The second-order valence-electron chi connectivity index (χ2n) is 1.89. The summed E-state index contributed by atoms with van der Waals surface area (Å²) in [6.07, 6.45) is 0. The predicted octanol–water partition coefficient (Wildman–Crippen LogP) is 2.02. The van der Waals surface area contributed by atoms with Gasteiger partial charge >= 0.3 is 0 Å².